The van der Waals surface area contributed by atoms with Crippen LogP contribution in [0.2, 0.25) is 10.0 Å². The lowest BCUT2D eigenvalue weighted by atomic mass is 10.2. The lowest BCUT2D eigenvalue weighted by Gasteiger charge is -2.05. The number of aromatic nitrogens is 3. The van der Waals surface area contributed by atoms with Crippen LogP contribution in [0.25, 0.3) is 17.0 Å². The van der Waals surface area contributed by atoms with E-state index in [0.29, 0.717) is 22.1 Å². The van der Waals surface area contributed by atoms with E-state index < -0.39 is 5.97 Å². The molecule has 1 aromatic carbocycles. The first-order valence-corrected chi connectivity index (χ1v) is 7.25. The number of rotatable bonds is 2. The van der Waals surface area contributed by atoms with Crippen molar-refractivity contribution in [1.82, 2.24) is 14.6 Å². The van der Waals surface area contributed by atoms with Gasteiger partial charge in [-0.1, -0.05) is 39.1 Å². The Hall–Kier alpha value is -1.63. The molecule has 0 radical (unpaired) electrons. The Labute approximate surface area is 137 Å². The highest BCUT2D eigenvalue weighted by Gasteiger charge is 2.16. The van der Waals surface area contributed by atoms with Gasteiger partial charge in [-0.25, -0.2) is 4.79 Å². The number of hydrogen-bond donors (Lipinski definition) is 1. The Morgan fingerprint density at radius 3 is 2.71 bits per heavy atom. The molecule has 106 valence electrons. The molecular formula is C13H6BrCl2N3O2. The minimum Gasteiger partial charge on any atom is -0.478 e. The second-order valence-corrected chi connectivity index (χ2v) is 5.92. The summed E-state index contributed by atoms with van der Waals surface area (Å²) in [5.41, 5.74) is 1.11. The first kappa shape index (κ1) is 14.3. The first-order chi connectivity index (χ1) is 9.97. The van der Waals surface area contributed by atoms with Gasteiger partial charge in [-0.2, -0.15) is 0 Å². The van der Waals surface area contributed by atoms with Crippen LogP contribution < -0.4 is 0 Å². The molecule has 0 aliphatic heterocycles. The standard InChI is InChI=1S/C13H6BrCl2N3O2/c14-9-2-1-7(15)4-8(9)11-17-18-12-10(16)3-6(13(20)21)5-19(11)12/h1-5H,(H,20,21). The Kier molecular flexibility index (Phi) is 3.61. The summed E-state index contributed by atoms with van der Waals surface area (Å²) in [5.74, 6) is -0.631. The fraction of sp³-hybridized carbons (Fsp3) is 0. The van der Waals surface area contributed by atoms with Gasteiger partial charge in [0.25, 0.3) is 0 Å². The van der Waals surface area contributed by atoms with Crippen LogP contribution in [0, 0.1) is 0 Å². The lowest BCUT2D eigenvalue weighted by Crippen LogP contribution is -2.00. The van der Waals surface area contributed by atoms with Crippen molar-refractivity contribution in [2.24, 2.45) is 0 Å². The third-order valence-electron chi connectivity index (χ3n) is 2.88. The van der Waals surface area contributed by atoms with Crippen LogP contribution in [0.4, 0.5) is 0 Å². The minimum absolute atomic E-state index is 0.0479. The molecule has 0 bridgehead atoms. The fourth-order valence-corrected chi connectivity index (χ4v) is 2.77. The van der Waals surface area contributed by atoms with Gasteiger partial charge in [0.05, 0.1) is 10.6 Å². The van der Waals surface area contributed by atoms with Gasteiger partial charge in [0.1, 0.15) is 0 Å². The highest BCUT2D eigenvalue weighted by Crippen LogP contribution is 2.31. The molecule has 0 saturated heterocycles. The van der Waals surface area contributed by atoms with E-state index in [2.05, 4.69) is 26.1 Å². The summed E-state index contributed by atoms with van der Waals surface area (Å²) in [7, 11) is 0. The van der Waals surface area contributed by atoms with Gasteiger partial charge < -0.3 is 5.11 Å². The van der Waals surface area contributed by atoms with Gasteiger partial charge in [-0.05, 0) is 24.3 Å². The number of nitrogens with zero attached hydrogens (tertiary/aromatic N) is 3. The van der Waals surface area contributed by atoms with E-state index in [9.17, 15) is 4.79 Å². The van der Waals surface area contributed by atoms with Crippen molar-refractivity contribution in [2.45, 2.75) is 0 Å². The van der Waals surface area contributed by atoms with Crippen molar-refractivity contribution in [2.75, 3.05) is 0 Å². The van der Waals surface area contributed by atoms with Crippen molar-refractivity contribution in [3.8, 4) is 11.4 Å². The Morgan fingerprint density at radius 1 is 1.24 bits per heavy atom. The molecule has 0 saturated carbocycles. The van der Waals surface area contributed by atoms with Crippen LogP contribution >= 0.6 is 39.1 Å². The van der Waals surface area contributed by atoms with E-state index in [4.69, 9.17) is 28.3 Å². The van der Waals surface area contributed by atoms with Crippen LogP contribution in [0.3, 0.4) is 0 Å². The third kappa shape index (κ3) is 2.50. The Bertz CT molecular complexity index is 879. The van der Waals surface area contributed by atoms with Gasteiger partial charge >= 0.3 is 5.97 Å². The number of halogens is 3. The Morgan fingerprint density at radius 2 is 2.00 bits per heavy atom. The highest BCUT2D eigenvalue weighted by atomic mass is 79.9. The number of pyridine rings is 1. The molecule has 8 heteroatoms. The number of benzene rings is 1. The summed E-state index contributed by atoms with van der Waals surface area (Å²) in [5, 5.41) is 17.9. The zero-order valence-corrected chi connectivity index (χ0v) is 13.3. The fourth-order valence-electron chi connectivity index (χ4n) is 1.92. The predicted molar refractivity (Wildman–Crippen MR) is 83.1 cm³/mol. The summed E-state index contributed by atoms with van der Waals surface area (Å²) in [6.07, 6.45) is 1.42. The van der Waals surface area contributed by atoms with E-state index in [-0.39, 0.29) is 10.6 Å². The number of carbonyl (C=O) groups is 1. The maximum atomic E-state index is 11.1. The van der Waals surface area contributed by atoms with E-state index in [0.717, 1.165) is 4.47 Å². The van der Waals surface area contributed by atoms with E-state index in [1.54, 1.807) is 18.2 Å². The van der Waals surface area contributed by atoms with E-state index in [1.807, 2.05) is 0 Å². The van der Waals surface area contributed by atoms with Crippen LogP contribution in [-0.2, 0) is 0 Å². The van der Waals surface area contributed by atoms with Crippen molar-refractivity contribution in [3.05, 3.63) is 50.5 Å². The molecule has 0 fully saturated rings. The molecule has 0 aliphatic rings. The smallest absolute Gasteiger partial charge is 0.337 e. The molecule has 3 rings (SSSR count). The maximum Gasteiger partial charge on any atom is 0.337 e. The molecule has 3 aromatic rings. The molecule has 21 heavy (non-hydrogen) atoms. The number of carboxylic acids is 1. The van der Waals surface area contributed by atoms with Gasteiger partial charge in [-0.3, -0.25) is 4.40 Å². The quantitative estimate of drug-likeness (QED) is 0.717. The Balaban J connectivity index is 2.33. The van der Waals surface area contributed by atoms with Gasteiger partial charge in [0.15, 0.2) is 11.5 Å². The van der Waals surface area contributed by atoms with Crippen LogP contribution in [0.1, 0.15) is 10.4 Å². The SMILES string of the molecule is O=C(O)c1cc(Cl)c2nnc(-c3cc(Cl)ccc3Br)n2c1. The van der Waals surface area contributed by atoms with Crippen molar-refractivity contribution < 1.29 is 9.90 Å². The van der Waals surface area contributed by atoms with Gasteiger partial charge in [0.2, 0.25) is 0 Å². The van der Waals surface area contributed by atoms with Crippen LogP contribution in [-0.4, -0.2) is 25.7 Å². The summed E-state index contributed by atoms with van der Waals surface area (Å²) < 4.78 is 2.29. The van der Waals surface area contributed by atoms with E-state index in [1.165, 1.54) is 16.7 Å². The molecule has 0 unspecified atom stereocenters. The monoisotopic (exact) mass is 385 g/mol. The highest BCUT2D eigenvalue weighted by molar-refractivity contribution is 9.10. The van der Waals surface area contributed by atoms with Crippen molar-refractivity contribution >= 4 is 50.7 Å². The van der Waals surface area contributed by atoms with Gasteiger partial charge in [0, 0.05) is 21.3 Å². The summed E-state index contributed by atoms with van der Waals surface area (Å²) in [6.45, 7) is 0. The zero-order valence-electron chi connectivity index (χ0n) is 10.2. The molecule has 1 N–H and O–H groups in total. The minimum atomic E-state index is -1.08. The number of aromatic carboxylic acids is 1. The number of carboxylic acid groups (broad SMARTS) is 1. The topological polar surface area (TPSA) is 67.5 Å². The van der Waals surface area contributed by atoms with Crippen molar-refractivity contribution in [1.29, 1.82) is 0 Å². The van der Waals surface area contributed by atoms with Crippen LogP contribution in [0.5, 0.6) is 0 Å². The molecule has 2 heterocycles. The van der Waals surface area contributed by atoms with Crippen molar-refractivity contribution in [3.63, 3.8) is 0 Å². The third-order valence-corrected chi connectivity index (χ3v) is 4.08. The maximum absolute atomic E-state index is 11.1. The molecule has 0 aliphatic carbocycles. The van der Waals surface area contributed by atoms with Crippen LogP contribution in [0.15, 0.2) is 34.9 Å². The second-order valence-electron chi connectivity index (χ2n) is 4.22. The number of hydrogen-bond acceptors (Lipinski definition) is 3. The molecule has 0 atom stereocenters. The molecule has 5 nitrogen and oxygen atoms in total. The molecule has 0 amide bonds. The summed E-state index contributed by atoms with van der Waals surface area (Å²) in [4.78, 5) is 11.1. The number of fused-ring (bicyclic) bond motifs is 1. The second kappa shape index (κ2) is 5.29. The molecule has 2 aromatic heterocycles. The molecule has 0 spiro atoms. The van der Waals surface area contributed by atoms with E-state index >= 15 is 0 Å². The normalized spacial score (nSPS) is 11.0. The largest absolute Gasteiger partial charge is 0.478 e. The molecular weight excluding hydrogens is 381 g/mol. The predicted octanol–water partition coefficient (Wildman–Crippen LogP) is 4.16. The summed E-state index contributed by atoms with van der Waals surface area (Å²) in [6, 6.07) is 6.56. The average molecular weight is 387 g/mol. The van der Waals surface area contributed by atoms with Gasteiger partial charge in [-0.15, -0.1) is 10.2 Å². The first-order valence-electron chi connectivity index (χ1n) is 5.70. The zero-order chi connectivity index (χ0) is 15.1. The lowest BCUT2D eigenvalue weighted by molar-refractivity contribution is 0.0696. The average Bonchev–Trinajstić information content (AvgIpc) is 2.85. The summed E-state index contributed by atoms with van der Waals surface area (Å²) >= 11 is 15.5.